The highest BCUT2D eigenvalue weighted by atomic mass is 16.4. The van der Waals surface area contributed by atoms with E-state index in [1.807, 2.05) is 23.1 Å². The fourth-order valence-corrected chi connectivity index (χ4v) is 3.90. The van der Waals surface area contributed by atoms with Crippen molar-refractivity contribution in [3.63, 3.8) is 0 Å². The molecule has 1 aliphatic carbocycles. The second kappa shape index (κ2) is 5.98. The lowest BCUT2D eigenvalue weighted by molar-refractivity contribution is 0.0691. The van der Waals surface area contributed by atoms with Gasteiger partial charge in [0.1, 0.15) is 11.4 Å². The second-order valence-corrected chi connectivity index (χ2v) is 6.67. The average molecular weight is 352 g/mol. The average Bonchev–Trinajstić information content (AvgIpc) is 2.61. The lowest BCUT2D eigenvalue weighted by Crippen LogP contribution is -2.58. The molecule has 1 aromatic carbocycles. The van der Waals surface area contributed by atoms with Crippen LogP contribution in [0, 0.1) is 0 Å². The standard InChI is InChI=1S/C18H20N6O2/c19-16-22-17(20)24(18(23-16)9-2-1-3-10-18)13-6-4-5-11-7-8-12(15(25)26)21-14(11)13/h4-8H,1-3,9-10H2,(H,25,26)(H4,19,20,22,23). The van der Waals surface area contributed by atoms with Crippen LogP contribution in [-0.2, 0) is 0 Å². The molecular formula is C18H20N6O2. The van der Waals surface area contributed by atoms with Crippen LogP contribution in [0.2, 0.25) is 0 Å². The van der Waals surface area contributed by atoms with Crippen LogP contribution < -0.4 is 16.4 Å². The molecular weight excluding hydrogens is 332 g/mol. The third kappa shape index (κ3) is 2.54. The highest BCUT2D eigenvalue weighted by molar-refractivity contribution is 6.09. The number of para-hydroxylation sites is 1. The van der Waals surface area contributed by atoms with Crippen LogP contribution in [0.1, 0.15) is 42.6 Å². The number of anilines is 1. The van der Waals surface area contributed by atoms with Gasteiger partial charge in [0.05, 0.1) is 11.2 Å². The Kier molecular flexibility index (Phi) is 3.75. The van der Waals surface area contributed by atoms with Gasteiger partial charge in [-0.05, 0) is 37.8 Å². The first-order valence-corrected chi connectivity index (χ1v) is 8.63. The summed E-state index contributed by atoms with van der Waals surface area (Å²) in [6.45, 7) is 0. The lowest BCUT2D eigenvalue weighted by Gasteiger charge is -2.45. The van der Waals surface area contributed by atoms with Crippen molar-refractivity contribution < 1.29 is 9.90 Å². The van der Waals surface area contributed by atoms with E-state index in [0.29, 0.717) is 11.2 Å². The number of rotatable bonds is 2. The molecule has 2 aliphatic rings. The zero-order valence-corrected chi connectivity index (χ0v) is 14.2. The first-order chi connectivity index (χ1) is 12.5. The number of nitrogens with zero attached hydrogens (tertiary/aromatic N) is 4. The summed E-state index contributed by atoms with van der Waals surface area (Å²) in [4.78, 5) is 26.4. The van der Waals surface area contributed by atoms with E-state index in [9.17, 15) is 9.90 Å². The van der Waals surface area contributed by atoms with Gasteiger partial charge in [-0.25, -0.2) is 14.8 Å². The number of guanidine groups is 2. The van der Waals surface area contributed by atoms with Crippen LogP contribution in [0.15, 0.2) is 40.3 Å². The molecule has 2 aromatic rings. The molecule has 0 saturated heterocycles. The summed E-state index contributed by atoms with van der Waals surface area (Å²) < 4.78 is 0. The van der Waals surface area contributed by atoms with Crippen molar-refractivity contribution in [3.8, 4) is 0 Å². The summed E-state index contributed by atoms with van der Waals surface area (Å²) in [5.74, 6) is -0.633. The molecule has 26 heavy (non-hydrogen) atoms. The number of fused-ring (bicyclic) bond motifs is 1. The Balaban J connectivity index is 1.93. The van der Waals surface area contributed by atoms with E-state index >= 15 is 0 Å². The molecule has 1 saturated carbocycles. The van der Waals surface area contributed by atoms with E-state index < -0.39 is 11.6 Å². The zero-order chi connectivity index (χ0) is 18.3. The van der Waals surface area contributed by atoms with Crippen LogP contribution in [-0.4, -0.2) is 33.6 Å². The van der Waals surface area contributed by atoms with Crippen molar-refractivity contribution in [2.45, 2.75) is 37.8 Å². The Morgan fingerprint density at radius 1 is 1.12 bits per heavy atom. The van der Waals surface area contributed by atoms with Gasteiger partial charge in [0, 0.05) is 5.39 Å². The molecule has 0 bridgehead atoms. The minimum absolute atomic E-state index is 0.0156. The summed E-state index contributed by atoms with van der Waals surface area (Å²) in [5.41, 5.74) is 12.8. The highest BCUT2D eigenvalue weighted by Gasteiger charge is 2.43. The maximum absolute atomic E-state index is 11.4. The molecule has 1 aliphatic heterocycles. The third-order valence-electron chi connectivity index (χ3n) is 5.01. The van der Waals surface area contributed by atoms with E-state index in [1.165, 1.54) is 6.07 Å². The molecule has 8 nitrogen and oxygen atoms in total. The van der Waals surface area contributed by atoms with Gasteiger partial charge < -0.3 is 16.6 Å². The van der Waals surface area contributed by atoms with Gasteiger partial charge in [0.25, 0.3) is 0 Å². The maximum atomic E-state index is 11.4. The molecule has 1 aromatic heterocycles. The number of pyridine rings is 1. The van der Waals surface area contributed by atoms with Crippen molar-refractivity contribution in [2.75, 3.05) is 4.90 Å². The molecule has 1 spiro atoms. The molecule has 134 valence electrons. The van der Waals surface area contributed by atoms with Gasteiger partial charge in [-0.2, -0.15) is 4.99 Å². The fraction of sp³-hybridized carbons (Fsp3) is 0.333. The topological polar surface area (TPSA) is 130 Å². The summed E-state index contributed by atoms with van der Waals surface area (Å²) in [5, 5.41) is 10.1. The van der Waals surface area contributed by atoms with E-state index in [4.69, 9.17) is 11.5 Å². The predicted octanol–water partition coefficient (Wildman–Crippen LogP) is 2.04. The first kappa shape index (κ1) is 16.3. The van der Waals surface area contributed by atoms with Gasteiger partial charge in [0.15, 0.2) is 0 Å². The number of carboxylic acids is 1. The van der Waals surface area contributed by atoms with E-state index in [2.05, 4.69) is 15.0 Å². The summed E-state index contributed by atoms with van der Waals surface area (Å²) in [6.07, 6.45) is 4.77. The summed E-state index contributed by atoms with van der Waals surface area (Å²) in [7, 11) is 0. The zero-order valence-electron chi connectivity index (χ0n) is 14.2. The second-order valence-electron chi connectivity index (χ2n) is 6.67. The van der Waals surface area contributed by atoms with E-state index in [-0.39, 0.29) is 17.6 Å². The maximum Gasteiger partial charge on any atom is 0.354 e. The largest absolute Gasteiger partial charge is 0.477 e. The smallest absolute Gasteiger partial charge is 0.354 e. The SMILES string of the molecule is NC1=NC2(CCCCC2)N(c2cccc3ccc(C(=O)O)nc23)C(N)=N1. The number of aliphatic imine (C=N–C) groups is 2. The predicted molar refractivity (Wildman–Crippen MR) is 100 cm³/mol. The number of nitrogens with two attached hydrogens (primary N) is 2. The van der Waals surface area contributed by atoms with Crippen LogP contribution in [0.3, 0.4) is 0 Å². The normalized spacial score (nSPS) is 19.3. The quantitative estimate of drug-likeness (QED) is 0.758. The Morgan fingerprint density at radius 2 is 1.88 bits per heavy atom. The highest BCUT2D eigenvalue weighted by Crippen LogP contribution is 2.41. The van der Waals surface area contributed by atoms with Crippen molar-refractivity contribution >= 4 is 34.5 Å². The fourth-order valence-electron chi connectivity index (χ4n) is 3.90. The molecule has 0 atom stereocenters. The molecule has 1 fully saturated rings. The van der Waals surface area contributed by atoms with Crippen LogP contribution in [0.5, 0.6) is 0 Å². The van der Waals surface area contributed by atoms with E-state index in [0.717, 1.165) is 37.5 Å². The van der Waals surface area contributed by atoms with Gasteiger partial charge >= 0.3 is 5.97 Å². The van der Waals surface area contributed by atoms with Crippen molar-refractivity contribution in [1.82, 2.24) is 4.98 Å². The number of hydrogen-bond acceptors (Lipinski definition) is 7. The minimum atomic E-state index is -1.07. The third-order valence-corrected chi connectivity index (χ3v) is 5.01. The Bertz CT molecular complexity index is 946. The van der Waals surface area contributed by atoms with Gasteiger partial charge in [-0.1, -0.05) is 24.6 Å². The Hall–Kier alpha value is -3.16. The lowest BCUT2D eigenvalue weighted by atomic mass is 9.87. The van der Waals surface area contributed by atoms with E-state index in [1.54, 1.807) is 6.07 Å². The molecule has 8 heteroatoms. The molecule has 0 amide bonds. The number of carboxylic acid groups (broad SMARTS) is 1. The summed E-state index contributed by atoms with van der Waals surface area (Å²) >= 11 is 0. The minimum Gasteiger partial charge on any atom is -0.477 e. The number of aromatic nitrogens is 1. The number of carbonyl (C=O) groups is 1. The van der Waals surface area contributed by atoms with Crippen molar-refractivity contribution in [1.29, 1.82) is 0 Å². The van der Waals surface area contributed by atoms with Gasteiger partial charge in [0.2, 0.25) is 11.9 Å². The molecule has 4 rings (SSSR count). The number of aromatic carboxylic acids is 1. The molecule has 5 N–H and O–H groups in total. The number of benzene rings is 1. The van der Waals surface area contributed by atoms with Gasteiger partial charge in [-0.3, -0.25) is 4.90 Å². The van der Waals surface area contributed by atoms with Crippen LogP contribution in [0.25, 0.3) is 10.9 Å². The molecule has 2 heterocycles. The number of hydrogen-bond donors (Lipinski definition) is 3. The summed E-state index contributed by atoms with van der Waals surface area (Å²) in [6, 6.07) is 8.90. The van der Waals surface area contributed by atoms with Crippen LogP contribution in [0.4, 0.5) is 5.69 Å². The van der Waals surface area contributed by atoms with Crippen molar-refractivity contribution in [2.24, 2.45) is 21.5 Å². The Morgan fingerprint density at radius 3 is 2.62 bits per heavy atom. The van der Waals surface area contributed by atoms with Crippen LogP contribution >= 0.6 is 0 Å². The van der Waals surface area contributed by atoms with Gasteiger partial charge in [-0.15, -0.1) is 0 Å². The molecule has 0 radical (unpaired) electrons. The first-order valence-electron chi connectivity index (χ1n) is 8.63. The van der Waals surface area contributed by atoms with Crippen molar-refractivity contribution in [3.05, 3.63) is 36.0 Å². The monoisotopic (exact) mass is 352 g/mol. The Labute approximate surface area is 150 Å². The molecule has 0 unspecified atom stereocenters.